The summed E-state index contributed by atoms with van der Waals surface area (Å²) in [5.74, 6) is -1.21. The van der Waals surface area contributed by atoms with Gasteiger partial charge < -0.3 is 24.1 Å². The van der Waals surface area contributed by atoms with Gasteiger partial charge in [0.2, 0.25) is 0 Å². The molecule has 1 N–H and O–H groups in total. The van der Waals surface area contributed by atoms with Crippen LogP contribution in [0, 0.1) is 0 Å². The Labute approximate surface area is 126 Å². The minimum absolute atomic E-state index is 0.0451. The van der Waals surface area contributed by atoms with Crippen LogP contribution in [0.1, 0.15) is 47.5 Å². The third-order valence-corrected chi connectivity index (χ3v) is 3.53. The van der Waals surface area contributed by atoms with E-state index in [0.717, 1.165) is 12.8 Å². The molecule has 0 aromatic heterocycles. The predicted molar refractivity (Wildman–Crippen MR) is 76.8 cm³/mol. The van der Waals surface area contributed by atoms with E-state index >= 15 is 0 Å². The third-order valence-electron chi connectivity index (χ3n) is 3.53. The summed E-state index contributed by atoms with van der Waals surface area (Å²) in [5, 5.41) is 9.75. The van der Waals surface area contributed by atoms with Gasteiger partial charge in [-0.1, -0.05) is 0 Å². The van der Waals surface area contributed by atoms with Crippen molar-refractivity contribution in [3.05, 3.63) is 0 Å². The van der Waals surface area contributed by atoms with Crippen LogP contribution in [-0.2, 0) is 23.7 Å². The van der Waals surface area contributed by atoms with E-state index in [1.165, 1.54) is 7.11 Å². The minimum Gasteiger partial charge on any atom is -0.467 e. The zero-order chi connectivity index (χ0) is 16.3. The van der Waals surface area contributed by atoms with E-state index < -0.39 is 29.6 Å². The molecule has 0 aromatic carbocycles. The number of carbonyl (C=O) groups excluding carboxylic acids is 1. The average molecular weight is 304 g/mol. The van der Waals surface area contributed by atoms with Crippen LogP contribution in [0.2, 0.25) is 0 Å². The Bertz CT molecular complexity index is 352. The highest BCUT2D eigenvalue weighted by atomic mass is 16.7. The molecule has 1 fully saturated rings. The highest BCUT2D eigenvalue weighted by Crippen LogP contribution is 2.28. The largest absolute Gasteiger partial charge is 0.467 e. The SMILES string of the molecule is COC(=O)[C@H](O)C(C)OC(C)(C)CC[C@H]1COC(C)(C)O1. The highest BCUT2D eigenvalue weighted by Gasteiger charge is 2.35. The molecule has 1 heterocycles. The number of hydrogen-bond acceptors (Lipinski definition) is 6. The molecule has 1 saturated heterocycles. The molecule has 0 aliphatic carbocycles. The number of hydrogen-bond donors (Lipinski definition) is 1. The Balaban J connectivity index is 2.41. The van der Waals surface area contributed by atoms with Crippen molar-refractivity contribution in [1.29, 1.82) is 0 Å². The van der Waals surface area contributed by atoms with E-state index in [9.17, 15) is 9.90 Å². The molecule has 0 amide bonds. The lowest BCUT2D eigenvalue weighted by Gasteiger charge is -2.31. The maximum Gasteiger partial charge on any atom is 0.337 e. The topological polar surface area (TPSA) is 74.2 Å². The van der Waals surface area contributed by atoms with E-state index in [1.54, 1.807) is 6.92 Å². The molecule has 1 unspecified atom stereocenters. The van der Waals surface area contributed by atoms with Crippen LogP contribution < -0.4 is 0 Å². The van der Waals surface area contributed by atoms with Crippen molar-refractivity contribution in [2.75, 3.05) is 13.7 Å². The molecular formula is C15H28O6. The molecular weight excluding hydrogens is 276 g/mol. The summed E-state index contributed by atoms with van der Waals surface area (Å²) < 4.78 is 21.6. The lowest BCUT2D eigenvalue weighted by atomic mass is 9.99. The second-order valence-electron chi connectivity index (χ2n) is 6.54. The molecule has 1 rings (SSSR count). The maximum absolute atomic E-state index is 11.3. The summed E-state index contributed by atoms with van der Waals surface area (Å²) in [4.78, 5) is 11.3. The number of rotatable bonds is 7. The van der Waals surface area contributed by atoms with Crippen LogP contribution in [0.3, 0.4) is 0 Å². The van der Waals surface area contributed by atoms with Crippen LogP contribution in [-0.4, -0.2) is 54.5 Å². The van der Waals surface area contributed by atoms with E-state index in [2.05, 4.69) is 4.74 Å². The molecule has 0 radical (unpaired) electrons. The lowest BCUT2D eigenvalue weighted by Crippen LogP contribution is -2.41. The monoisotopic (exact) mass is 304 g/mol. The van der Waals surface area contributed by atoms with E-state index in [4.69, 9.17) is 14.2 Å². The molecule has 124 valence electrons. The number of methoxy groups -OCH3 is 1. The first-order chi connectivity index (χ1) is 9.56. The lowest BCUT2D eigenvalue weighted by molar-refractivity contribution is -0.169. The summed E-state index contributed by atoms with van der Waals surface area (Å²) >= 11 is 0. The summed E-state index contributed by atoms with van der Waals surface area (Å²) in [6.45, 7) is 9.86. The van der Waals surface area contributed by atoms with Crippen LogP contribution in [0.25, 0.3) is 0 Å². The van der Waals surface area contributed by atoms with Crippen molar-refractivity contribution in [3.8, 4) is 0 Å². The third kappa shape index (κ3) is 5.90. The van der Waals surface area contributed by atoms with Crippen LogP contribution in [0.4, 0.5) is 0 Å². The minimum atomic E-state index is -1.28. The standard InChI is InChI=1S/C15H28O6/c1-10(12(16)13(17)18-6)20-14(2,3)8-7-11-9-19-15(4,5)21-11/h10-12,16H,7-9H2,1-6H3/t10?,11-,12+/m0/s1. The molecule has 6 heteroatoms. The van der Waals surface area contributed by atoms with Crippen molar-refractivity contribution in [2.45, 2.75) is 77.2 Å². The van der Waals surface area contributed by atoms with E-state index in [1.807, 2.05) is 27.7 Å². The second kappa shape index (κ2) is 7.05. The number of esters is 1. The van der Waals surface area contributed by atoms with Gasteiger partial charge in [-0.05, 0) is 47.5 Å². The van der Waals surface area contributed by atoms with Crippen molar-refractivity contribution in [3.63, 3.8) is 0 Å². The van der Waals surface area contributed by atoms with Gasteiger partial charge >= 0.3 is 5.97 Å². The zero-order valence-corrected chi connectivity index (χ0v) is 13.8. The quantitative estimate of drug-likeness (QED) is 0.721. The van der Waals surface area contributed by atoms with Crippen molar-refractivity contribution < 1.29 is 28.8 Å². The molecule has 6 nitrogen and oxygen atoms in total. The Morgan fingerprint density at radius 2 is 2.10 bits per heavy atom. The maximum atomic E-state index is 11.3. The van der Waals surface area contributed by atoms with Gasteiger partial charge in [0.1, 0.15) is 0 Å². The predicted octanol–water partition coefficient (Wildman–Crippen LogP) is 1.64. The summed E-state index contributed by atoms with van der Waals surface area (Å²) in [6.07, 6.45) is -0.347. The van der Waals surface area contributed by atoms with Gasteiger partial charge in [0, 0.05) is 0 Å². The molecule has 0 bridgehead atoms. The smallest absolute Gasteiger partial charge is 0.337 e. The summed E-state index contributed by atoms with van der Waals surface area (Å²) in [6, 6.07) is 0. The van der Waals surface area contributed by atoms with Crippen molar-refractivity contribution >= 4 is 5.97 Å². The summed E-state index contributed by atoms with van der Waals surface area (Å²) in [7, 11) is 1.24. The normalized spacial score (nSPS) is 24.6. The van der Waals surface area contributed by atoms with Gasteiger partial charge in [-0.15, -0.1) is 0 Å². The molecule has 0 aromatic rings. The zero-order valence-electron chi connectivity index (χ0n) is 13.8. The van der Waals surface area contributed by atoms with Crippen LogP contribution in [0.5, 0.6) is 0 Å². The number of carbonyl (C=O) groups is 1. The van der Waals surface area contributed by atoms with Crippen molar-refractivity contribution in [1.82, 2.24) is 0 Å². The molecule has 1 aliphatic rings. The molecule has 0 spiro atoms. The van der Waals surface area contributed by atoms with Gasteiger partial charge in [-0.3, -0.25) is 0 Å². The number of ether oxygens (including phenoxy) is 4. The fourth-order valence-corrected chi connectivity index (χ4v) is 2.35. The fourth-order valence-electron chi connectivity index (χ4n) is 2.35. The Hall–Kier alpha value is -0.690. The fraction of sp³-hybridized carbons (Fsp3) is 0.933. The molecule has 21 heavy (non-hydrogen) atoms. The van der Waals surface area contributed by atoms with Gasteiger partial charge in [0.15, 0.2) is 11.9 Å². The highest BCUT2D eigenvalue weighted by molar-refractivity contribution is 5.74. The van der Waals surface area contributed by atoms with Gasteiger partial charge in [0.25, 0.3) is 0 Å². The van der Waals surface area contributed by atoms with E-state index in [0.29, 0.717) is 6.61 Å². The number of aliphatic hydroxyl groups excluding tert-OH is 1. The van der Waals surface area contributed by atoms with E-state index in [-0.39, 0.29) is 6.10 Å². The Kier molecular flexibility index (Phi) is 6.16. The second-order valence-corrected chi connectivity index (χ2v) is 6.54. The Morgan fingerprint density at radius 3 is 2.57 bits per heavy atom. The first-order valence-corrected chi connectivity index (χ1v) is 7.32. The number of aliphatic hydroxyl groups is 1. The first-order valence-electron chi connectivity index (χ1n) is 7.32. The van der Waals surface area contributed by atoms with Crippen molar-refractivity contribution in [2.24, 2.45) is 0 Å². The average Bonchev–Trinajstić information content (AvgIpc) is 2.74. The first kappa shape index (κ1) is 18.4. The van der Waals surface area contributed by atoms with Gasteiger partial charge in [0.05, 0.1) is 31.5 Å². The van der Waals surface area contributed by atoms with Gasteiger partial charge in [-0.2, -0.15) is 0 Å². The molecule has 0 saturated carbocycles. The van der Waals surface area contributed by atoms with Crippen LogP contribution in [0.15, 0.2) is 0 Å². The van der Waals surface area contributed by atoms with Crippen LogP contribution >= 0.6 is 0 Å². The molecule has 3 atom stereocenters. The van der Waals surface area contributed by atoms with Gasteiger partial charge in [-0.25, -0.2) is 4.79 Å². The molecule has 1 aliphatic heterocycles. The summed E-state index contributed by atoms with van der Waals surface area (Å²) in [5.41, 5.74) is -0.482. The Morgan fingerprint density at radius 1 is 1.48 bits per heavy atom.